The molecule has 0 heterocycles. The minimum atomic E-state index is -0.118. The van der Waals surface area contributed by atoms with E-state index in [9.17, 15) is 4.79 Å². The Bertz CT molecular complexity index is 421. The molecule has 0 aliphatic carbocycles. The summed E-state index contributed by atoms with van der Waals surface area (Å²) in [6.07, 6.45) is 0. The van der Waals surface area contributed by atoms with Gasteiger partial charge in [0, 0.05) is 12.2 Å². The van der Waals surface area contributed by atoms with Crippen LogP contribution < -0.4 is 10.6 Å². The molecular formula is C16H27N3O. The molecule has 4 heteroatoms. The quantitative estimate of drug-likeness (QED) is 0.804. The number of likely N-dealkylation sites (N-methyl/N-ethyl adjacent to an activating group) is 1. The van der Waals surface area contributed by atoms with Gasteiger partial charge in [-0.05, 0) is 44.3 Å². The van der Waals surface area contributed by atoms with E-state index in [-0.39, 0.29) is 17.9 Å². The summed E-state index contributed by atoms with van der Waals surface area (Å²) in [5, 5.41) is 6.30. The van der Waals surface area contributed by atoms with Crippen molar-refractivity contribution in [3.05, 3.63) is 29.8 Å². The minimum Gasteiger partial charge on any atom is -0.325 e. The number of carbonyl (C=O) groups excluding carboxylic acids is 1. The SMILES string of the molecule is CCNCc1cccc(NC(=O)C(C(C)C)N(C)C)c1. The van der Waals surface area contributed by atoms with E-state index in [2.05, 4.69) is 37.5 Å². The standard InChI is InChI=1S/C16H27N3O/c1-6-17-11-13-8-7-9-14(10-13)18-16(20)15(12(2)3)19(4)5/h7-10,12,15,17H,6,11H2,1-5H3,(H,18,20). The Morgan fingerprint density at radius 1 is 1.30 bits per heavy atom. The van der Waals surface area contributed by atoms with Gasteiger partial charge in [-0.3, -0.25) is 9.69 Å². The molecular weight excluding hydrogens is 250 g/mol. The van der Waals surface area contributed by atoms with Gasteiger partial charge in [-0.1, -0.05) is 32.9 Å². The lowest BCUT2D eigenvalue weighted by Gasteiger charge is -2.26. The van der Waals surface area contributed by atoms with Crippen LogP contribution in [0.2, 0.25) is 0 Å². The van der Waals surface area contributed by atoms with Gasteiger partial charge in [0.25, 0.3) is 0 Å². The van der Waals surface area contributed by atoms with E-state index in [0.29, 0.717) is 0 Å². The van der Waals surface area contributed by atoms with E-state index < -0.39 is 0 Å². The second kappa shape index (κ2) is 8.02. The van der Waals surface area contributed by atoms with Gasteiger partial charge in [0.1, 0.15) is 0 Å². The van der Waals surface area contributed by atoms with Gasteiger partial charge in [0.15, 0.2) is 0 Å². The number of amides is 1. The summed E-state index contributed by atoms with van der Waals surface area (Å²) in [4.78, 5) is 14.3. The highest BCUT2D eigenvalue weighted by atomic mass is 16.2. The van der Waals surface area contributed by atoms with Crippen molar-refractivity contribution in [3.8, 4) is 0 Å². The molecule has 0 saturated carbocycles. The smallest absolute Gasteiger partial charge is 0.241 e. The van der Waals surface area contributed by atoms with E-state index in [4.69, 9.17) is 0 Å². The van der Waals surface area contributed by atoms with Crippen LogP contribution in [0, 0.1) is 5.92 Å². The Morgan fingerprint density at radius 2 is 2.00 bits per heavy atom. The van der Waals surface area contributed by atoms with Crippen molar-refractivity contribution in [1.82, 2.24) is 10.2 Å². The van der Waals surface area contributed by atoms with Crippen LogP contribution in [-0.2, 0) is 11.3 Å². The van der Waals surface area contributed by atoms with E-state index in [1.54, 1.807) is 0 Å². The zero-order valence-corrected chi connectivity index (χ0v) is 13.2. The summed E-state index contributed by atoms with van der Waals surface area (Å²) in [6.45, 7) is 7.96. The van der Waals surface area contributed by atoms with E-state index >= 15 is 0 Å². The highest BCUT2D eigenvalue weighted by molar-refractivity contribution is 5.95. The fourth-order valence-electron chi connectivity index (χ4n) is 2.38. The normalized spacial score (nSPS) is 12.8. The number of nitrogens with zero attached hydrogens (tertiary/aromatic N) is 1. The van der Waals surface area contributed by atoms with Crippen LogP contribution in [0.4, 0.5) is 5.69 Å². The number of nitrogens with one attached hydrogen (secondary N) is 2. The molecule has 1 rings (SSSR count). The second-order valence-corrected chi connectivity index (χ2v) is 5.62. The Hall–Kier alpha value is -1.39. The predicted octanol–water partition coefficient (Wildman–Crippen LogP) is 2.32. The Labute approximate surface area is 122 Å². The van der Waals surface area contributed by atoms with E-state index in [0.717, 1.165) is 18.8 Å². The van der Waals surface area contributed by atoms with Crippen LogP contribution in [-0.4, -0.2) is 37.5 Å². The first-order valence-corrected chi connectivity index (χ1v) is 7.22. The monoisotopic (exact) mass is 277 g/mol. The molecule has 2 N–H and O–H groups in total. The van der Waals surface area contributed by atoms with Crippen molar-refractivity contribution in [2.75, 3.05) is 26.0 Å². The lowest BCUT2D eigenvalue weighted by atomic mass is 10.0. The molecule has 1 aromatic rings. The van der Waals surface area contributed by atoms with Crippen molar-refractivity contribution in [2.45, 2.75) is 33.4 Å². The molecule has 4 nitrogen and oxygen atoms in total. The van der Waals surface area contributed by atoms with Gasteiger partial charge in [-0.25, -0.2) is 0 Å². The van der Waals surface area contributed by atoms with Gasteiger partial charge >= 0.3 is 0 Å². The first-order valence-electron chi connectivity index (χ1n) is 7.22. The Kier molecular flexibility index (Phi) is 6.68. The number of carbonyl (C=O) groups is 1. The van der Waals surface area contributed by atoms with Gasteiger partial charge < -0.3 is 10.6 Å². The third-order valence-corrected chi connectivity index (χ3v) is 3.23. The summed E-state index contributed by atoms with van der Waals surface area (Å²) in [5.41, 5.74) is 2.04. The number of benzene rings is 1. The molecule has 0 aliphatic rings. The molecule has 20 heavy (non-hydrogen) atoms. The fourth-order valence-corrected chi connectivity index (χ4v) is 2.38. The minimum absolute atomic E-state index is 0.0469. The predicted molar refractivity (Wildman–Crippen MR) is 84.8 cm³/mol. The molecule has 1 unspecified atom stereocenters. The highest BCUT2D eigenvalue weighted by Gasteiger charge is 2.24. The van der Waals surface area contributed by atoms with Gasteiger partial charge in [-0.15, -0.1) is 0 Å². The molecule has 0 radical (unpaired) electrons. The van der Waals surface area contributed by atoms with Crippen molar-refractivity contribution in [3.63, 3.8) is 0 Å². The lowest BCUT2D eigenvalue weighted by Crippen LogP contribution is -2.43. The number of rotatable bonds is 7. The number of hydrogen-bond acceptors (Lipinski definition) is 3. The lowest BCUT2D eigenvalue weighted by molar-refractivity contribution is -0.121. The van der Waals surface area contributed by atoms with Crippen LogP contribution in [0.1, 0.15) is 26.3 Å². The zero-order chi connectivity index (χ0) is 15.1. The molecule has 112 valence electrons. The van der Waals surface area contributed by atoms with Crippen LogP contribution in [0.5, 0.6) is 0 Å². The summed E-state index contributed by atoms with van der Waals surface area (Å²) >= 11 is 0. The molecule has 0 bridgehead atoms. The van der Waals surface area contributed by atoms with Crippen LogP contribution in [0.15, 0.2) is 24.3 Å². The van der Waals surface area contributed by atoms with Crippen molar-refractivity contribution >= 4 is 11.6 Å². The summed E-state index contributed by atoms with van der Waals surface area (Å²) in [5.74, 6) is 0.320. The van der Waals surface area contributed by atoms with E-state index in [1.807, 2.05) is 37.2 Å². The summed E-state index contributed by atoms with van der Waals surface area (Å²) < 4.78 is 0. The van der Waals surface area contributed by atoms with Crippen molar-refractivity contribution in [2.24, 2.45) is 5.92 Å². The van der Waals surface area contributed by atoms with Crippen LogP contribution in [0.25, 0.3) is 0 Å². The first-order chi connectivity index (χ1) is 9.45. The third-order valence-electron chi connectivity index (χ3n) is 3.23. The zero-order valence-electron chi connectivity index (χ0n) is 13.2. The molecule has 1 amide bonds. The van der Waals surface area contributed by atoms with Crippen molar-refractivity contribution < 1.29 is 4.79 Å². The molecule has 1 aromatic carbocycles. The fraction of sp³-hybridized carbons (Fsp3) is 0.562. The maximum absolute atomic E-state index is 12.4. The number of hydrogen-bond donors (Lipinski definition) is 2. The first kappa shape index (κ1) is 16.7. The topological polar surface area (TPSA) is 44.4 Å². The molecule has 0 aliphatic heterocycles. The number of anilines is 1. The molecule has 0 spiro atoms. The average molecular weight is 277 g/mol. The van der Waals surface area contributed by atoms with Gasteiger partial charge in [0.05, 0.1) is 6.04 Å². The second-order valence-electron chi connectivity index (χ2n) is 5.62. The third kappa shape index (κ3) is 4.94. The maximum atomic E-state index is 12.4. The molecule has 1 atom stereocenters. The van der Waals surface area contributed by atoms with E-state index in [1.165, 1.54) is 5.56 Å². The Balaban J connectivity index is 2.74. The van der Waals surface area contributed by atoms with Crippen LogP contribution in [0.3, 0.4) is 0 Å². The highest BCUT2D eigenvalue weighted by Crippen LogP contribution is 2.14. The molecule has 0 saturated heterocycles. The maximum Gasteiger partial charge on any atom is 0.241 e. The summed E-state index contributed by atoms with van der Waals surface area (Å²) in [6, 6.07) is 7.87. The summed E-state index contributed by atoms with van der Waals surface area (Å²) in [7, 11) is 3.87. The Morgan fingerprint density at radius 3 is 2.55 bits per heavy atom. The molecule has 0 aromatic heterocycles. The average Bonchev–Trinajstić information content (AvgIpc) is 2.35. The van der Waals surface area contributed by atoms with Gasteiger partial charge in [-0.2, -0.15) is 0 Å². The van der Waals surface area contributed by atoms with Crippen LogP contribution >= 0.6 is 0 Å². The largest absolute Gasteiger partial charge is 0.325 e. The van der Waals surface area contributed by atoms with Gasteiger partial charge in [0.2, 0.25) is 5.91 Å². The van der Waals surface area contributed by atoms with Crippen molar-refractivity contribution in [1.29, 1.82) is 0 Å². The molecule has 0 fully saturated rings.